The van der Waals surface area contributed by atoms with Crippen molar-refractivity contribution in [2.24, 2.45) is 0 Å². The molecule has 1 heterocycles. The van der Waals surface area contributed by atoms with E-state index in [0.29, 0.717) is 0 Å². The Morgan fingerprint density at radius 1 is 1.12 bits per heavy atom. The number of hydrogen-bond acceptors (Lipinski definition) is 7. The topological polar surface area (TPSA) is 157 Å². The van der Waals surface area contributed by atoms with Crippen LogP contribution in [0.5, 0.6) is 0 Å². The molecule has 0 radical (unpaired) electrons. The lowest BCUT2D eigenvalue weighted by molar-refractivity contribution is -0.280. The lowest BCUT2D eigenvalue weighted by Gasteiger charge is -2.39. The molecule has 5 atom stereocenters. The smallest absolute Gasteiger partial charge is 0.394 e. The van der Waals surface area contributed by atoms with E-state index in [2.05, 4.69) is 9.26 Å². The second kappa shape index (κ2) is 5.05. The van der Waals surface area contributed by atoms with Crippen LogP contribution in [0.15, 0.2) is 0 Å². The fraction of sp³-hybridized carbons (Fsp3) is 1.00. The van der Waals surface area contributed by atoms with Gasteiger partial charge in [0.2, 0.25) is 0 Å². The molecule has 0 bridgehead atoms. The third-order valence-electron chi connectivity index (χ3n) is 2.09. The van der Waals surface area contributed by atoms with Crippen molar-refractivity contribution in [2.75, 3.05) is 6.61 Å². The molecule has 1 aliphatic heterocycles. The molecule has 1 rings (SSSR count). The van der Waals surface area contributed by atoms with Crippen LogP contribution in [0.25, 0.3) is 0 Å². The first-order valence-corrected chi connectivity index (χ1v) is 5.83. The summed E-state index contributed by atoms with van der Waals surface area (Å²) in [5, 5.41) is 36.6. The molecule has 1 fully saturated rings. The molecule has 0 aromatic heterocycles. The molecular weight excluding hydrogens is 247 g/mol. The first kappa shape index (κ1) is 14.0. The van der Waals surface area contributed by atoms with Crippen molar-refractivity contribution < 1.29 is 44.0 Å². The van der Waals surface area contributed by atoms with Crippen molar-refractivity contribution in [2.45, 2.75) is 30.7 Å². The highest BCUT2D eigenvalue weighted by Crippen LogP contribution is 2.40. The van der Waals surface area contributed by atoms with Gasteiger partial charge < -0.3 is 34.9 Å². The maximum Gasteiger partial charge on any atom is 0.472 e. The van der Waals surface area contributed by atoms with Crippen molar-refractivity contribution in [1.29, 1.82) is 0 Å². The summed E-state index contributed by atoms with van der Waals surface area (Å²) in [7, 11) is -4.91. The maximum atomic E-state index is 10.5. The third kappa shape index (κ3) is 3.20. The van der Waals surface area contributed by atoms with E-state index in [9.17, 15) is 19.9 Å². The second-order valence-corrected chi connectivity index (χ2v) is 4.49. The van der Waals surface area contributed by atoms with Gasteiger partial charge in [-0.3, -0.25) is 4.52 Å². The number of hydrogen-bond donors (Lipinski definition) is 6. The predicted octanol–water partition coefficient (Wildman–Crippen LogP) is -3.10. The van der Waals surface area contributed by atoms with E-state index >= 15 is 0 Å². The van der Waals surface area contributed by atoms with Crippen LogP contribution in [0, 0.1) is 0 Å². The number of aliphatic hydroxyl groups excluding tert-OH is 4. The molecule has 1 aliphatic rings. The summed E-state index contributed by atoms with van der Waals surface area (Å²) in [6.45, 7) is -0.702. The van der Waals surface area contributed by atoms with Gasteiger partial charge in [0.25, 0.3) is 0 Å². The Kier molecular flexibility index (Phi) is 4.41. The first-order valence-electron chi connectivity index (χ1n) is 4.30. The highest BCUT2D eigenvalue weighted by Gasteiger charge is 2.46. The van der Waals surface area contributed by atoms with Gasteiger partial charge in [0, 0.05) is 0 Å². The number of aliphatic hydroxyl groups is 4. The Bertz CT molecular complexity index is 275. The Morgan fingerprint density at radius 2 is 1.69 bits per heavy atom. The van der Waals surface area contributed by atoms with E-state index in [0.717, 1.165) is 0 Å². The predicted molar refractivity (Wildman–Crippen MR) is 46.9 cm³/mol. The van der Waals surface area contributed by atoms with Gasteiger partial charge in [-0.15, -0.1) is 0 Å². The molecule has 16 heavy (non-hydrogen) atoms. The summed E-state index contributed by atoms with van der Waals surface area (Å²) in [5.41, 5.74) is 0. The largest absolute Gasteiger partial charge is 0.472 e. The van der Waals surface area contributed by atoms with Gasteiger partial charge in [0.1, 0.15) is 24.4 Å². The van der Waals surface area contributed by atoms with Crippen molar-refractivity contribution in [3.8, 4) is 0 Å². The van der Waals surface area contributed by atoms with Crippen LogP contribution in [0.1, 0.15) is 0 Å². The van der Waals surface area contributed by atoms with E-state index in [1.54, 1.807) is 0 Å². The quantitative estimate of drug-likeness (QED) is 0.289. The monoisotopic (exact) mass is 260 g/mol. The molecule has 0 aliphatic carbocycles. The minimum atomic E-state index is -4.91. The molecule has 0 aromatic carbocycles. The summed E-state index contributed by atoms with van der Waals surface area (Å²) < 4.78 is 19.2. The zero-order chi connectivity index (χ0) is 12.5. The van der Waals surface area contributed by atoms with Gasteiger partial charge in [-0.1, -0.05) is 0 Å². The van der Waals surface area contributed by atoms with E-state index in [1.165, 1.54) is 0 Å². The van der Waals surface area contributed by atoms with Crippen molar-refractivity contribution >= 4 is 7.82 Å². The molecule has 96 valence electrons. The number of rotatable bonds is 3. The second-order valence-electron chi connectivity index (χ2n) is 3.29. The highest BCUT2D eigenvalue weighted by atomic mass is 31.2. The lowest BCUT2D eigenvalue weighted by atomic mass is 10.00. The van der Waals surface area contributed by atoms with E-state index in [4.69, 9.17) is 14.9 Å². The average molecular weight is 260 g/mol. The van der Waals surface area contributed by atoms with E-state index < -0.39 is 45.1 Å². The van der Waals surface area contributed by atoms with Crippen LogP contribution in [-0.4, -0.2) is 67.5 Å². The summed E-state index contributed by atoms with van der Waals surface area (Å²) in [4.78, 5) is 17.0. The number of phosphoric acid groups is 1. The van der Waals surface area contributed by atoms with Crippen molar-refractivity contribution in [3.63, 3.8) is 0 Å². The summed E-state index contributed by atoms with van der Waals surface area (Å²) in [6.07, 6.45) is -8.25. The van der Waals surface area contributed by atoms with Crippen LogP contribution < -0.4 is 0 Å². The first-order chi connectivity index (χ1) is 7.26. The molecule has 6 N–H and O–H groups in total. The number of phosphoric ester groups is 1. The van der Waals surface area contributed by atoms with Gasteiger partial charge in [-0.2, -0.15) is 0 Å². The lowest BCUT2D eigenvalue weighted by Crippen LogP contribution is -2.58. The molecule has 2 unspecified atom stereocenters. The Hall–Kier alpha value is -0.0900. The summed E-state index contributed by atoms with van der Waals surface area (Å²) >= 11 is 0. The summed E-state index contributed by atoms with van der Waals surface area (Å²) in [6, 6.07) is 0. The Balaban J connectivity index is 2.75. The van der Waals surface area contributed by atoms with Crippen molar-refractivity contribution in [3.05, 3.63) is 0 Å². The molecule has 10 heteroatoms. The van der Waals surface area contributed by atoms with Crippen molar-refractivity contribution in [1.82, 2.24) is 0 Å². The molecule has 9 nitrogen and oxygen atoms in total. The maximum absolute atomic E-state index is 10.5. The minimum Gasteiger partial charge on any atom is -0.394 e. The Labute approximate surface area is 90.1 Å². The molecule has 0 saturated carbocycles. The highest BCUT2D eigenvalue weighted by molar-refractivity contribution is 7.46. The summed E-state index contributed by atoms with van der Waals surface area (Å²) in [5.74, 6) is 0. The van der Waals surface area contributed by atoms with Crippen LogP contribution in [0.2, 0.25) is 0 Å². The molecule has 1 saturated heterocycles. The van der Waals surface area contributed by atoms with Gasteiger partial charge in [0.15, 0.2) is 6.29 Å². The fourth-order valence-electron chi connectivity index (χ4n) is 1.29. The Morgan fingerprint density at radius 3 is 2.12 bits per heavy atom. The third-order valence-corrected chi connectivity index (χ3v) is 2.57. The molecule has 0 amide bonds. The van der Waals surface area contributed by atoms with Gasteiger partial charge in [-0.25, -0.2) is 4.57 Å². The molecule has 0 spiro atoms. The van der Waals surface area contributed by atoms with Gasteiger partial charge in [0.05, 0.1) is 6.61 Å². The zero-order valence-corrected chi connectivity index (χ0v) is 8.84. The van der Waals surface area contributed by atoms with Crippen LogP contribution in [0.4, 0.5) is 0 Å². The average Bonchev–Trinajstić information content (AvgIpc) is 2.17. The van der Waals surface area contributed by atoms with E-state index in [-0.39, 0.29) is 0 Å². The number of ether oxygens (including phenoxy) is 1. The van der Waals surface area contributed by atoms with Crippen LogP contribution in [0.3, 0.4) is 0 Å². The van der Waals surface area contributed by atoms with Crippen LogP contribution >= 0.6 is 7.82 Å². The zero-order valence-electron chi connectivity index (χ0n) is 7.95. The van der Waals surface area contributed by atoms with Gasteiger partial charge >= 0.3 is 7.82 Å². The molecular formula is C6H13O9P. The van der Waals surface area contributed by atoms with Gasteiger partial charge in [-0.05, 0) is 0 Å². The van der Waals surface area contributed by atoms with E-state index in [1.807, 2.05) is 0 Å². The molecule has 0 aromatic rings. The fourth-order valence-corrected chi connectivity index (χ4v) is 1.73. The van der Waals surface area contributed by atoms with Crippen LogP contribution in [-0.2, 0) is 13.8 Å². The SMILES string of the molecule is O=P(O)(O)O[C@@H]1OC(CO)[C@H](O)[C@H](O)C1O. The standard InChI is InChI=1S/C6H13O9P/c7-1-2-3(8)4(9)5(10)6(14-2)15-16(11,12)13/h2-10H,1H2,(H2,11,12,13)/t2?,3-,4-,5?,6-/m0/s1. The minimum absolute atomic E-state index is 0.702. The normalized spacial score (nSPS) is 41.0.